The maximum atomic E-state index is 12.5. The number of hydrogen-bond acceptors (Lipinski definition) is 4. The molecule has 1 aromatic heterocycles. The van der Waals surface area contributed by atoms with Crippen molar-refractivity contribution < 1.29 is 4.79 Å². The van der Waals surface area contributed by atoms with Gasteiger partial charge in [-0.1, -0.05) is 78.5 Å². The number of carbonyl (C=O) groups excluding carboxylic acids is 1. The van der Waals surface area contributed by atoms with E-state index in [0.29, 0.717) is 5.75 Å². The van der Waals surface area contributed by atoms with Gasteiger partial charge in [-0.3, -0.25) is 4.79 Å². The van der Waals surface area contributed by atoms with Crippen molar-refractivity contribution in [2.75, 3.05) is 5.75 Å². The van der Waals surface area contributed by atoms with Crippen molar-refractivity contribution >= 4 is 39.2 Å². The van der Waals surface area contributed by atoms with Crippen LogP contribution in [0.5, 0.6) is 0 Å². The molecule has 0 fully saturated rings. The third kappa shape index (κ3) is 3.78. The summed E-state index contributed by atoms with van der Waals surface area (Å²) in [6.07, 6.45) is 1.74. The molecule has 1 heterocycles. The molecule has 0 aliphatic rings. The maximum absolute atomic E-state index is 12.5. The van der Waals surface area contributed by atoms with Crippen LogP contribution in [0.25, 0.3) is 21.5 Å². The van der Waals surface area contributed by atoms with Crippen LogP contribution in [0.4, 0.5) is 0 Å². The highest BCUT2D eigenvalue weighted by molar-refractivity contribution is 8.00. The molecule has 3 aromatic carbocycles. The van der Waals surface area contributed by atoms with Gasteiger partial charge in [0, 0.05) is 10.8 Å². The molecule has 4 rings (SSSR count). The average Bonchev–Trinajstić information content (AvgIpc) is 2.71. The Kier molecular flexibility index (Phi) is 5.03. The van der Waals surface area contributed by atoms with Gasteiger partial charge in [0.2, 0.25) is 5.91 Å². The third-order valence-electron chi connectivity index (χ3n) is 4.54. The van der Waals surface area contributed by atoms with Crippen molar-refractivity contribution in [1.29, 1.82) is 0 Å². The molecule has 0 spiro atoms. The van der Waals surface area contributed by atoms with Crippen LogP contribution in [0, 0.1) is 0 Å². The van der Waals surface area contributed by atoms with Gasteiger partial charge in [-0.2, -0.15) is 5.10 Å². The number of amides is 1. The van der Waals surface area contributed by atoms with Gasteiger partial charge in [0.05, 0.1) is 18.0 Å². The van der Waals surface area contributed by atoms with Crippen LogP contribution < -0.4 is 5.32 Å². The van der Waals surface area contributed by atoms with E-state index in [1.807, 2.05) is 49.4 Å². The lowest BCUT2D eigenvalue weighted by Crippen LogP contribution is -2.28. The van der Waals surface area contributed by atoms with Gasteiger partial charge in [-0.25, -0.2) is 0 Å². The maximum Gasteiger partial charge on any atom is 0.230 e. The molecule has 0 aliphatic carbocycles. The summed E-state index contributed by atoms with van der Waals surface area (Å²) in [5.41, 5.74) is 1.12. The van der Waals surface area contributed by atoms with E-state index in [1.54, 1.807) is 6.20 Å². The Bertz CT molecular complexity index is 1100. The highest BCUT2D eigenvalue weighted by atomic mass is 32.2. The Morgan fingerprint density at radius 3 is 2.52 bits per heavy atom. The molecule has 0 saturated heterocycles. The highest BCUT2D eigenvalue weighted by Crippen LogP contribution is 2.26. The number of rotatable bonds is 5. The van der Waals surface area contributed by atoms with Crippen LogP contribution in [0.1, 0.15) is 18.5 Å². The van der Waals surface area contributed by atoms with Gasteiger partial charge in [0.25, 0.3) is 0 Å². The lowest BCUT2D eigenvalue weighted by molar-refractivity contribution is -0.119. The van der Waals surface area contributed by atoms with E-state index >= 15 is 0 Å². The molecule has 1 unspecified atom stereocenters. The van der Waals surface area contributed by atoms with Crippen molar-refractivity contribution in [3.05, 3.63) is 78.5 Å². The molecule has 0 radical (unpaired) electrons. The molecule has 5 heteroatoms. The standard InChI is InChI=1S/C22H19N3OS/c1-15(18-12-6-9-16-7-2-4-10-19(16)18)24-21(26)14-27-22-20-11-5-3-8-17(20)13-23-25-22/h2-13,15H,14H2,1H3,(H,24,26). The summed E-state index contributed by atoms with van der Waals surface area (Å²) in [6.45, 7) is 2.02. The first-order valence-corrected chi connectivity index (χ1v) is 9.81. The van der Waals surface area contributed by atoms with Crippen LogP contribution in [0.2, 0.25) is 0 Å². The molecule has 1 amide bonds. The lowest BCUT2D eigenvalue weighted by atomic mass is 10.00. The normalized spacial score (nSPS) is 12.2. The number of hydrogen-bond donors (Lipinski definition) is 1. The van der Waals surface area contributed by atoms with Crippen LogP contribution >= 0.6 is 11.8 Å². The minimum atomic E-state index is -0.0669. The predicted octanol–water partition coefficient (Wildman–Crippen LogP) is 4.75. The Labute approximate surface area is 162 Å². The molecular weight excluding hydrogens is 354 g/mol. The lowest BCUT2D eigenvalue weighted by Gasteiger charge is -2.16. The van der Waals surface area contributed by atoms with Gasteiger partial charge in [0.15, 0.2) is 0 Å². The van der Waals surface area contributed by atoms with Crippen molar-refractivity contribution in [2.24, 2.45) is 0 Å². The fourth-order valence-corrected chi connectivity index (χ4v) is 4.03. The molecule has 1 N–H and O–H groups in total. The Morgan fingerprint density at radius 1 is 0.963 bits per heavy atom. The van der Waals surface area contributed by atoms with E-state index in [4.69, 9.17) is 0 Å². The smallest absolute Gasteiger partial charge is 0.230 e. The van der Waals surface area contributed by atoms with E-state index in [0.717, 1.165) is 21.4 Å². The SMILES string of the molecule is CC(NC(=O)CSc1nncc2ccccc12)c1cccc2ccccc12. The minimum absolute atomic E-state index is 0.0184. The molecule has 0 aliphatic heterocycles. The predicted molar refractivity (Wildman–Crippen MR) is 111 cm³/mol. The Hall–Kier alpha value is -2.92. The zero-order valence-corrected chi connectivity index (χ0v) is 15.7. The Morgan fingerprint density at radius 2 is 1.67 bits per heavy atom. The van der Waals surface area contributed by atoms with Crippen LogP contribution in [-0.4, -0.2) is 21.9 Å². The first-order valence-electron chi connectivity index (χ1n) is 8.82. The molecule has 1 atom stereocenters. The molecular formula is C22H19N3OS. The topological polar surface area (TPSA) is 54.9 Å². The van der Waals surface area contributed by atoms with Crippen molar-refractivity contribution in [2.45, 2.75) is 18.0 Å². The number of thioether (sulfide) groups is 1. The number of nitrogens with zero attached hydrogens (tertiary/aromatic N) is 2. The average molecular weight is 373 g/mol. The van der Waals surface area contributed by atoms with Crippen LogP contribution in [0.3, 0.4) is 0 Å². The minimum Gasteiger partial charge on any atom is -0.349 e. The summed E-state index contributed by atoms with van der Waals surface area (Å²) >= 11 is 1.41. The van der Waals surface area contributed by atoms with Gasteiger partial charge in [-0.15, -0.1) is 5.10 Å². The van der Waals surface area contributed by atoms with Crippen molar-refractivity contribution in [1.82, 2.24) is 15.5 Å². The van der Waals surface area contributed by atoms with Gasteiger partial charge in [0.1, 0.15) is 5.03 Å². The summed E-state index contributed by atoms with van der Waals surface area (Å²) in [6, 6.07) is 22.3. The quantitative estimate of drug-likeness (QED) is 0.513. The molecule has 0 saturated carbocycles. The molecule has 0 bridgehead atoms. The third-order valence-corrected chi connectivity index (χ3v) is 5.53. The van der Waals surface area contributed by atoms with E-state index in [2.05, 4.69) is 39.8 Å². The van der Waals surface area contributed by atoms with E-state index in [1.165, 1.54) is 22.5 Å². The summed E-state index contributed by atoms with van der Waals surface area (Å²) in [5, 5.41) is 16.5. The second-order valence-electron chi connectivity index (χ2n) is 6.38. The fraction of sp³-hybridized carbons (Fsp3) is 0.136. The van der Waals surface area contributed by atoms with Crippen molar-refractivity contribution in [3.63, 3.8) is 0 Å². The molecule has 4 nitrogen and oxygen atoms in total. The van der Waals surface area contributed by atoms with Gasteiger partial charge in [-0.05, 0) is 23.3 Å². The highest BCUT2D eigenvalue weighted by Gasteiger charge is 2.13. The monoisotopic (exact) mass is 373 g/mol. The van der Waals surface area contributed by atoms with E-state index < -0.39 is 0 Å². The second kappa shape index (κ2) is 7.76. The van der Waals surface area contributed by atoms with Crippen molar-refractivity contribution in [3.8, 4) is 0 Å². The van der Waals surface area contributed by atoms with Gasteiger partial charge >= 0.3 is 0 Å². The number of fused-ring (bicyclic) bond motifs is 2. The number of benzene rings is 3. The first-order chi connectivity index (χ1) is 13.2. The summed E-state index contributed by atoms with van der Waals surface area (Å²) in [7, 11) is 0. The van der Waals surface area contributed by atoms with Gasteiger partial charge < -0.3 is 5.32 Å². The summed E-state index contributed by atoms with van der Waals surface area (Å²) in [5.74, 6) is 0.285. The molecule has 27 heavy (non-hydrogen) atoms. The van der Waals surface area contributed by atoms with Crippen LogP contribution in [0.15, 0.2) is 78.0 Å². The second-order valence-corrected chi connectivity index (χ2v) is 7.35. The van der Waals surface area contributed by atoms with E-state index in [9.17, 15) is 4.79 Å². The van der Waals surface area contributed by atoms with E-state index in [-0.39, 0.29) is 11.9 Å². The molecule has 4 aromatic rings. The molecule has 134 valence electrons. The number of carbonyl (C=O) groups is 1. The fourth-order valence-electron chi connectivity index (χ4n) is 3.23. The van der Waals surface area contributed by atoms with Crippen LogP contribution in [-0.2, 0) is 4.79 Å². The summed E-state index contributed by atoms with van der Waals surface area (Å²) in [4.78, 5) is 12.5. The zero-order chi connectivity index (χ0) is 18.6. The largest absolute Gasteiger partial charge is 0.349 e. The first kappa shape index (κ1) is 17.5. The zero-order valence-electron chi connectivity index (χ0n) is 14.9. The summed E-state index contributed by atoms with van der Waals surface area (Å²) < 4.78 is 0. The number of nitrogens with one attached hydrogen (secondary N) is 1. The Balaban J connectivity index is 1.46. The number of aromatic nitrogens is 2.